The highest BCUT2D eigenvalue weighted by Gasteiger charge is 2.09. The van der Waals surface area contributed by atoms with Crippen LogP contribution >= 0.6 is 11.8 Å². The summed E-state index contributed by atoms with van der Waals surface area (Å²) in [6.45, 7) is 5.97. The summed E-state index contributed by atoms with van der Waals surface area (Å²) >= 11 is 2.08. The van der Waals surface area contributed by atoms with Gasteiger partial charge in [-0.2, -0.15) is 11.8 Å². The van der Waals surface area contributed by atoms with Gasteiger partial charge in [0.05, 0.1) is 6.10 Å². The highest BCUT2D eigenvalue weighted by molar-refractivity contribution is 7.99. The maximum Gasteiger partial charge on any atom is 0.0540 e. The third-order valence-electron chi connectivity index (χ3n) is 3.24. The minimum Gasteiger partial charge on any atom is -0.393 e. The van der Waals surface area contributed by atoms with E-state index < -0.39 is 0 Å². The van der Waals surface area contributed by atoms with E-state index in [4.69, 9.17) is 0 Å². The summed E-state index contributed by atoms with van der Waals surface area (Å²) in [5, 5.41) is 9.58. The van der Waals surface area contributed by atoms with Crippen molar-refractivity contribution >= 4 is 11.8 Å². The summed E-state index contributed by atoms with van der Waals surface area (Å²) in [6, 6.07) is 0. The lowest BCUT2D eigenvalue weighted by atomic mass is 10.1. The number of hydrogen-bond donors (Lipinski definition) is 1. The van der Waals surface area contributed by atoms with Crippen LogP contribution in [-0.4, -0.2) is 47.3 Å². The molecule has 1 fully saturated rings. The van der Waals surface area contributed by atoms with Crippen molar-refractivity contribution in [2.75, 3.05) is 31.1 Å². The van der Waals surface area contributed by atoms with E-state index in [1.54, 1.807) is 0 Å². The van der Waals surface area contributed by atoms with Gasteiger partial charge >= 0.3 is 0 Å². The lowest BCUT2D eigenvalue weighted by Gasteiger charge is -2.25. The van der Waals surface area contributed by atoms with Crippen LogP contribution in [0.2, 0.25) is 0 Å². The quantitative estimate of drug-likeness (QED) is 0.665. The zero-order valence-corrected chi connectivity index (χ0v) is 11.5. The first-order valence-corrected chi connectivity index (χ1v) is 7.96. The van der Waals surface area contributed by atoms with Gasteiger partial charge in [-0.25, -0.2) is 0 Å². The SMILES string of the molecule is CCCC(O)CCCCCN1CCSCC1. The molecule has 96 valence electrons. The molecule has 1 saturated heterocycles. The van der Waals surface area contributed by atoms with Crippen LogP contribution in [0.3, 0.4) is 0 Å². The molecule has 0 aromatic rings. The van der Waals surface area contributed by atoms with E-state index in [9.17, 15) is 5.11 Å². The average Bonchev–Trinajstić information content (AvgIpc) is 2.30. The van der Waals surface area contributed by atoms with Crippen LogP contribution in [0.1, 0.15) is 45.4 Å². The van der Waals surface area contributed by atoms with E-state index in [0.717, 1.165) is 19.3 Å². The van der Waals surface area contributed by atoms with E-state index in [1.807, 2.05) is 0 Å². The monoisotopic (exact) mass is 245 g/mol. The Morgan fingerprint density at radius 3 is 2.56 bits per heavy atom. The molecule has 2 nitrogen and oxygen atoms in total. The molecule has 0 aromatic carbocycles. The molecule has 1 heterocycles. The van der Waals surface area contributed by atoms with Crippen LogP contribution in [0.4, 0.5) is 0 Å². The maximum absolute atomic E-state index is 9.58. The Morgan fingerprint density at radius 1 is 1.12 bits per heavy atom. The molecule has 0 radical (unpaired) electrons. The number of aliphatic hydroxyl groups is 1. The summed E-state index contributed by atoms with van der Waals surface area (Å²) in [5.41, 5.74) is 0. The van der Waals surface area contributed by atoms with Gasteiger partial charge in [0, 0.05) is 24.6 Å². The fourth-order valence-electron chi connectivity index (χ4n) is 2.19. The number of nitrogens with zero attached hydrogens (tertiary/aromatic N) is 1. The Labute approximate surface area is 105 Å². The average molecular weight is 245 g/mol. The highest BCUT2D eigenvalue weighted by atomic mass is 32.2. The van der Waals surface area contributed by atoms with Crippen molar-refractivity contribution in [2.24, 2.45) is 0 Å². The van der Waals surface area contributed by atoms with E-state index in [0.29, 0.717) is 0 Å². The first-order valence-electron chi connectivity index (χ1n) is 6.81. The summed E-state index contributed by atoms with van der Waals surface area (Å²) in [6.07, 6.45) is 6.83. The van der Waals surface area contributed by atoms with Crippen LogP contribution in [-0.2, 0) is 0 Å². The van der Waals surface area contributed by atoms with E-state index in [1.165, 1.54) is 50.4 Å². The van der Waals surface area contributed by atoms with Crippen molar-refractivity contribution < 1.29 is 5.11 Å². The van der Waals surface area contributed by atoms with E-state index in [2.05, 4.69) is 23.6 Å². The molecule has 1 rings (SSSR count). The molecule has 0 bridgehead atoms. The fraction of sp³-hybridized carbons (Fsp3) is 1.00. The Morgan fingerprint density at radius 2 is 1.88 bits per heavy atom. The molecule has 0 saturated carbocycles. The molecule has 1 N–H and O–H groups in total. The van der Waals surface area contributed by atoms with Gasteiger partial charge < -0.3 is 10.0 Å². The molecular weight excluding hydrogens is 218 g/mol. The second kappa shape index (κ2) is 9.32. The molecule has 0 amide bonds. The van der Waals surface area contributed by atoms with E-state index >= 15 is 0 Å². The number of unbranched alkanes of at least 4 members (excludes halogenated alkanes) is 2. The van der Waals surface area contributed by atoms with Crippen molar-refractivity contribution in [1.82, 2.24) is 4.90 Å². The Balaban J connectivity index is 1.87. The van der Waals surface area contributed by atoms with Gasteiger partial charge in [-0.1, -0.05) is 26.2 Å². The van der Waals surface area contributed by atoms with Crippen LogP contribution in [0.15, 0.2) is 0 Å². The van der Waals surface area contributed by atoms with Gasteiger partial charge in [0.25, 0.3) is 0 Å². The zero-order chi connectivity index (χ0) is 11.6. The third-order valence-corrected chi connectivity index (χ3v) is 4.18. The van der Waals surface area contributed by atoms with Crippen molar-refractivity contribution in [1.29, 1.82) is 0 Å². The molecule has 16 heavy (non-hydrogen) atoms. The predicted octanol–water partition coefficient (Wildman–Crippen LogP) is 2.76. The molecule has 1 unspecified atom stereocenters. The normalized spacial score (nSPS) is 19.9. The number of rotatable bonds is 8. The standard InChI is InChI=1S/C13H27NOS/c1-2-6-13(15)7-4-3-5-8-14-9-11-16-12-10-14/h13,15H,2-12H2,1H3. The molecule has 1 atom stereocenters. The smallest absolute Gasteiger partial charge is 0.0540 e. The van der Waals surface area contributed by atoms with Crippen molar-refractivity contribution in [3.05, 3.63) is 0 Å². The lowest BCUT2D eigenvalue weighted by molar-refractivity contribution is 0.149. The van der Waals surface area contributed by atoms with Crippen LogP contribution in [0.25, 0.3) is 0 Å². The van der Waals surface area contributed by atoms with Gasteiger partial charge in [0.1, 0.15) is 0 Å². The molecular formula is C13H27NOS. The van der Waals surface area contributed by atoms with Gasteiger partial charge in [0.15, 0.2) is 0 Å². The Kier molecular flexibility index (Phi) is 8.34. The van der Waals surface area contributed by atoms with Gasteiger partial charge in [-0.15, -0.1) is 0 Å². The molecule has 1 aliphatic heterocycles. The highest BCUT2D eigenvalue weighted by Crippen LogP contribution is 2.12. The first kappa shape index (κ1) is 14.3. The fourth-order valence-corrected chi connectivity index (χ4v) is 3.17. The third kappa shape index (κ3) is 6.77. The molecule has 0 spiro atoms. The van der Waals surface area contributed by atoms with Gasteiger partial charge in [-0.05, 0) is 25.8 Å². The van der Waals surface area contributed by atoms with Crippen molar-refractivity contribution in [2.45, 2.75) is 51.6 Å². The molecule has 3 heteroatoms. The van der Waals surface area contributed by atoms with Crippen molar-refractivity contribution in [3.63, 3.8) is 0 Å². The summed E-state index contributed by atoms with van der Waals surface area (Å²) in [4.78, 5) is 2.58. The maximum atomic E-state index is 9.58. The minimum absolute atomic E-state index is 0.0450. The second-order valence-electron chi connectivity index (χ2n) is 4.75. The van der Waals surface area contributed by atoms with Gasteiger partial charge in [0.2, 0.25) is 0 Å². The first-order chi connectivity index (χ1) is 7.83. The second-order valence-corrected chi connectivity index (χ2v) is 5.97. The van der Waals surface area contributed by atoms with Gasteiger partial charge in [-0.3, -0.25) is 0 Å². The van der Waals surface area contributed by atoms with Crippen molar-refractivity contribution in [3.8, 4) is 0 Å². The molecule has 1 aliphatic rings. The van der Waals surface area contributed by atoms with Crippen LogP contribution in [0, 0.1) is 0 Å². The predicted molar refractivity (Wildman–Crippen MR) is 73.1 cm³/mol. The van der Waals surface area contributed by atoms with Crippen LogP contribution in [0.5, 0.6) is 0 Å². The largest absolute Gasteiger partial charge is 0.393 e. The summed E-state index contributed by atoms with van der Waals surface area (Å²) in [7, 11) is 0. The molecule has 0 aliphatic carbocycles. The summed E-state index contributed by atoms with van der Waals surface area (Å²) in [5.74, 6) is 2.63. The number of thioether (sulfide) groups is 1. The lowest BCUT2D eigenvalue weighted by Crippen LogP contribution is -2.33. The summed E-state index contributed by atoms with van der Waals surface area (Å²) < 4.78 is 0. The van der Waals surface area contributed by atoms with E-state index in [-0.39, 0.29) is 6.10 Å². The zero-order valence-electron chi connectivity index (χ0n) is 10.7. The molecule has 0 aromatic heterocycles. The number of hydrogen-bond acceptors (Lipinski definition) is 3. The number of aliphatic hydroxyl groups excluding tert-OH is 1. The topological polar surface area (TPSA) is 23.5 Å². The minimum atomic E-state index is -0.0450. The Bertz CT molecular complexity index is 160. The Hall–Kier alpha value is 0.270. The van der Waals surface area contributed by atoms with Crippen LogP contribution < -0.4 is 0 Å².